The molecule has 1 atom stereocenters. The van der Waals surface area contributed by atoms with Crippen LogP contribution in [0.3, 0.4) is 0 Å². The van der Waals surface area contributed by atoms with Crippen LogP contribution in [0.2, 0.25) is 0 Å². The lowest BCUT2D eigenvalue weighted by Gasteiger charge is -2.33. The second kappa shape index (κ2) is 11.4. The van der Waals surface area contributed by atoms with Crippen LogP contribution in [-0.2, 0) is 0 Å². The Hall–Kier alpha value is -5.90. The molecule has 0 N–H and O–H groups in total. The van der Waals surface area contributed by atoms with Crippen LogP contribution in [0, 0.1) is 0 Å². The number of hydrogen-bond acceptors (Lipinski definition) is 3. The van der Waals surface area contributed by atoms with Crippen molar-refractivity contribution >= 4 is 71.2 Å². The molecule has 1 aliphatic rings. The van der Waals surface area contributed by atoms with E-state index in [1.54, 1.807) is 0 Å². The molecule has 0 amide bonds. The van der Waals surface area contributed by atoms with Crippen molar-refractivity contribution in [3.05, 3.63) is 186 Å². The molecule has 0 aliphatic heterocycles. The Balaban J connectivity index is 1.21. The molecule has 2 heterocycles. The molecule has 232 valence electrons. The highest BCUT2D eigenvalue weighted by molar-refractivity contribution is 7.19. The molecule has 0 fully saturated rings. The highest BCUT2D eigenvalue weighted by Gasteiger charge is 2.31. The summed E-state index contributed by atoms with van der Waals surface area (Å²) in [6, 6.07) is 59.1. The summed E-state index contributed by atoms with van der Waals surface area (Å²) in [5.41, 5.74) is 10.3. The van der Waals surface area contributed by atoms with Gasteiger partial charge in [-0.05, 0) is 71.0 Å². The molecule has 7 aromatic carbocycles. The fourth-order valence-corrected chi connectivity index (χ4v) is 9.07. The van der Waals surface area contributed by atoms with E-state index in [2.05, 4.69) is 175 Å². The normalized spacial score (nSPS) is 14.4. The summed E-state index contributed by atoms with van der Waals surface area (Å²) >= 11 is 1.94. The maximum atomic E-state index is 6.50. The van der Waals surface area contributed by atoms with Gasteiger partial charge in [-0.15, -0.1) is 11.3 Å². The van der Waals surface area contributed by atoms with Crippen molar-refractivity contribution in [2.24, 2.45) is 0 Å². The van der Waals surface area contributed by atoms with Crippen LogP contribution < -0.4 is 4.90 Å². The van der Waals surface area contributed by atoms with Crippen molar-refractivity contribution in [1.82, 2.24) is 0 Å². The van der Waals surface area contributed by atoms with E-state index < -0.39 is 0 Å². The van der Waals surface area contributed by atoms with Gasteiger partial charge >= 0.3 is 0 Å². The molecule has 0 bridgehead atoms. The molecule has 0 saturated heterocycles. The van der Waals surface area contributed by atoms with Crippen LogP contribution in [0.5, 0.6) is 0 Å². The highest BCUT2D eigenvalue weighted by atomic mass is 32.1. The van der Waals surface area contributed by atoms with Gasteiger partial charge in [-0.2, -0.15) is 0 Å². The zero-order valence-electron chi connectivity index (χ0n) is 26.7. The predicted octanol–water partition coefficient (Wildman–Crippen LogP) is 13.3. The van der Waals surface area contributed by atoms with Crippen molar-refractivity contribution in [2.45, 2.75) is 12.3 Å². The lowest BCUT2D eigenvalue weighted by Crippen LogP contribution is -2.20. The predicted molar refractivity (Wildman–Crippen MR) is 208 cm³/mol. The van der Waals surface area contributed by atoms with E-state index in [1.165, 1.54) is 53.8 Å². The van der Waals surface area contributed by atoms with Crippen molar-refractivity contribution in [1.29, 1.82) is 0 Å². The van der Waals surface area contributed by atoms with Crippen molar-refractivity contribution < 1.29 is 4.42 Å². The number of allylic oxidation sites excluding steroid dienone is 1. The van der Waals surface area contributed by atoms with Gasteiger partial charge < -0.3 is 9.32 Å². The quantitative estimate of drug-likeness (QED) is 0.185. The van der Waals surface area contributed by atoms with Crippen molar-refractivity contribution in [3.8, 4) is 11.1 Å². The summed E-state index contributed by atoms with van der Waals surface area (Å²) in [6.07, 6.45) is 3.41. The first-order valence-electron chi connectivity index (χ1n) is 16.9. The van der Waals surface area contributed by atoms with Crippen LogP contribution in [0.15, 0.2) is 174 Å². The molecule has 0 radical (unpaired) electrons. The Morgan fingerprint density at radius 1 is 0.551 bits per heavy atom. The first-order valence-corrected chi connectivity index (χ1v) is 17.7. The van der Waals surface area contributed by atoms with Gasteiger partial charge in [-0.1, -0.05) is 127 Å². The zero-order chi connectivity index (χ0) is 32.3. The minimum atomic E-state index is 0.311. The molecule has 9 aromatic rings. The number of fused-ring (bicyclic) bond motifs is 7. The smallest absolute Gasteiger partial charge is 0.136 e. The number of rotatable bonds is 5. The van der Waals surface area contributed by atoms with E-state index in [0.717, 1.165) is 39.6 Å². The van der Waals surface area contributed by atoms with E-state index in [-0.39, 0.29) is 0 Å². The Bertz CT molecular complexity index is 2700. The van der Waals surface area contributed by atoms with Crippen molar-refractivity contribution in [3.63, 3.8) is 0 Å². The van der Waals surface area contributed by atoms with Crippen LogP contribution in [0.25, 0.3) is 59.6 Å². The molecular formula is C46H31NOS. The maximum absolute atomic E-state index is 6.50. The minimum absolute atomic E-state index is 0.311. The third-order valence-corrected chi connectivity index (χ3v) is 11.3. The lowest BCUT2D eigenvalue weighted by atomic mass is 9.85. The third-order valence-electron chi connectivity index (χ3n) is 10.0. The fourth-order valence-electron chi connectivity index (χ4n) is 7.71. The van der Waals surface area contributed by atoms with Gasteiger partial charge in [0.25, 0.3) is 0 Å². The number of furan rings is 1. The van der Waals surface area contributed by atoms with E-state index in [4.69, 9.17) is 4.42 Å². The van der Waals surface area contributed by atoms with Gasteiger partial charge in [-0.3, -0.25) is 0 Å². The Kier molecular flexibility index (Phi) is 6.53. The largest absolute Gasteiger partial charge is 0.456 e. The zero-order valence-corrected chi connectivity index (χ0v) is 27.5. The molecule has 10 rings (SSSR count). The average Bonchev–Trinajstić information content (AvgIpc) is 3.74. The second-order valence-electron chi connectivity index (χ2n) is 12.8. The molecule has 2 aromatic heterocycles. The summed E-state index contributed by atoms with van der Waals surface area (Å²) < 4.78 is 7.83. The Morgan fingerprint density at radius 3 is 2.18 bits per heavy atom. The molecular weight excluding hydrogens is 615 g/mol. The number of hydrogen-bond donors (Lipinski definition) is 0. The summed E-state index contributed by atoms with van der Waals surface area (Å²) in [5, 5.41) is 6.00. The molecule has 2 nitrogen and oxygen atoms in total. The van der Waals surface area contributed by atoms with Crippen LogP contribution in [0.1, 0.15) is 28.3 Å². The van der Waals surface area contributed by atoms with E-state index in [0.29, 0.717) is 5.92 Å². The van der Waals surface area contributed by atoms with Gasteiger partial charge in [0.1, 0.15) is 11.2 Å². The number of thiophene rings is 1. The average molecular weight is 646 g/mol. The summed E-state index contributed by atoms with van der Waals surface area (Å²) in [5.74, 6) is 0.311. The van der Waals surface area contributed by atoms with Crippen molar-refractivity contribution in [2.75, 3.05) is 4.90 Å². The highest BCUT2D eigenvalue weighted by Crippen LogP contribution is 2.51. The molecule has 1 unspecified atom stereocenters. The summed E-state index contributed by atoms with van der Waals surface area (Å²) in [7, 11) is 0. The van der Waals surface area contributed by atoms with Crippen LogP contribution in [-0.4, -0.2) is 0 Å². The maximum Gasteiger partial charge on any atom is 0.136 e. The van der Waals surface area contributed by atoms with Gasteiger partial charge in [0, 0.05) is 48.3 Å². The first kappa shape index (κ1) is 28.1. The third kappa shape index (κ3) is 4.62. The minimum Gasteiger partial charge on any atom is -0.456 e. The first-order chi connectivity index (χ1) is 24.3. The molecule has 0 spiro atoms. The summed E-state index contributed by atoms with van der Waals surface area (Å²) in [4.78, 5) is 3.93. The van der Waals surface area contributed by atoms with E-state index in [1.807, 2.05) is 11.3 Å². The fraction of sp³-hybridized carbons (Fsp3) is 0.0435. The number of benzene rings is 7. The summed E-state index contributed by atoms with van der Waals surface area (Å²) in [6.45, 7) is 0. The standard InChI is InChI=1S/C46H31NOS/c1-3-12-30(13-4-1)33-22-24-37-39-29-34(23-27-42(39)48-43(37)28-33)47(40-20-11-17-31-16-7-8-18-35(31)40)41-26-25-36(32-14-5-2-6-15-32)46-45(41)38-19-9-10-21-44(38)49-46/h1-24,26-29,36H,25H2. The monoisotopic (exact) mass is 645 g/mol. The van der Waals surface area contributed by atoms with Crippen LogP contribution >= 0.6 is 11.3 Å². The van der Waals surface area contributed by atoms with Gasteiger partial charge in [0.05, 0.1) is 11.4 Å². The van der Waals surface area contributed by atoms with Gasteiger partial charge in [0.15, 0.2) is 0 Å². The molecule has 0 saturated carbocycles. The Morgan fingerprint density at radius 2 is 1.31 bits per heavy atom. The van der Waals surface area contributed by atoms with Gasteiger partial charge in [0.2, 0.25) is 0 Å². The van der Waals surface area contributed by atoms with E-state index >= 15 is 0 Å². The number of anilines is 2. The SMILES string of the molecule is C1=C(N(c2ccc3oc4cc(-c5ccccc5)ccc4c3c2)c2cccc3ccccc23)c2c(sc3ccccc23)C(c2ccccc2)C1. The second-order valence-corrected chi connectivity index (χ2v) is 13.9. The molecule has 3 heteroatoms. The molecule has 49 heavy (non-hydrogen) atoms. The number of nitrogens with zero attached hydrogens (tertiary/aromatic N) is 1. The molecule has 1 aliphatic carbocycles. The topological polar surface area (TPSA) is 16.4 Å². The van der Waals surface area contributed by atoms with E-state index in [9.17, 15) is 0 Å². The van der Waals surface area contributed by atoms with Gasteiger partial charge in [-0.25, -0.2) is 0 Å². The lowest BCUT2D eigenvalue weighted by molar-refractivity contribution is 0.669. The Labute approximate surface area is 288 Å². The van der Waals surface area contributed by atoms with Crippen LogP contribution in [0.4, 0.5) is 11.4 Å².